The average Bonchev–Trinajstić information content (AvgIpc) is 2.54. The van der Waals surface area contributed by atoms with E-state index in [0.717, 1.165) is 12.8 Å². The molecule has 0 aromatic heterocycles. The second-order valence-corrected chi connectivity index (χ2v) is 6.16. The standard InChI is InChI=1S/C19H24OS/c1-16(20-15-17-10-4-3-5-11-17)9-8-13-18-12-6-7-14-19(18)21-2/h3-7,10-12,14,16H,8-9,13,15H2,1-2H3/t16-/m0/s1. The van der Waals surface area contributed by atoms with Crippen LogP contribution in [0.4, 0.5) is 0 Å². The van der Waals surface area contributed by atoms with Crippen LogP contribution in [0.15, 0.2) is 59.5 Å². The van der Waals surface area contributed by atoms with Crippen molar-refractivity contribution in [2.45, 2.75) is 43.8 Å². The summed E-state index contributed by atoms with van der Waals surface area (Å²) >= 11 is 1.83. The first-order valence-electron chi connectivity index (χ1n) is 7.57. The molecule has 0 aliphatic carbocycles. The first-order chi connectivity index (χ1) is 10.3. The van der Waals surface area contributed by atoms with E-state index in [4.69, 9.17) is 4.74 Å². The Morgan fingerprint density at radius 3 is 2.48 bits per heavy atom. The fourth-order valence-electron chi connectivity index (χ4n) is 2.39. The predicted molar refractivity (Wildman–Crippen MR) is 91.9 cm³/mol. The van der Waals surface area contributed by atoms with Gasteiger partial charge in [0.25, 0.3) is 0 Å². The molecule has 112 valence electrons. The van der Waals surface area contributed by atoms with Gasteiger partial charge in [0.2, 0.25) is 0 Å². The molecule has 2 rings (SSSR count). The molecule has 0 aliphatic heterocycles. The highest BCUT2D eigenvalue weighted by Crippen LogP contribution is 2.22. The molecule has 2 heteroatoms. The van der Waals surface area contributed by atoms with E-state index in [1.165, 1.54) is 22.4 Å². The zero-order valence-electron chi connectivity index (χ0n) is 12.9. The molecule has 0 unspecified atom stereocenters. The number of hydrogen-bond donors (Lipinski definition) is 0. The van der Waals surface area contributed by atoms with E-state index in [0.29, 0.717) is 12.7 Å². The summed E-state index contributed by atoms with van der Waals surface area (Å²) in [5.74, 6) is 0. The van der Waals surface area contributed by atoms with E-state index in [2.05, 4.69) is 61.7 Å². The lowest BCUT2D eigenvalue weighted by atomic mass is 10.1. The number of rotatable bonds is 8. The van der Waals surface area contributed by atoms with Crippen LogP contribution in [-0.4, -0.2) is 12.4 Å². The van der Waals surface area contributed by atoms with Gasteiger partial charge < -0.3 is 4.74 Å². The summed E-state index contributed by atoms with van der Waals surface area (Å²) in [6, 6.07) is 19.1. The van der Waals surface area contributed by atoms with Crippen LogP contribution < -0.4 is 0 Å². The molecule has 0 aliphatic rings. The Morgan fingerprint density at radius 2 is 1.71 bits per heavy atom. The molecule has 2 aromatic carbocycles. The van der Waals surface area contributed by atoms with Gasteiger partial charge in [0, 0.05) is 4.90 Å². The van der Waals surface area contributed by atoms with Crippen molar-refractivity contribution in [1.82, 2.24) is 0 Å². The van der Waals surface area contributed by atoms with Crippen LogP contribution in [0.3, 0.4) is 0 Å². The van der Waals surface area contributed by atoms with E-state index >= 15 is 0 Å². The van der Waals surface area contributed by atoms with Crippen molar-refractivity contribution in [3.8, 4) is 0 Å². The van der Waals surface area contributed by atoms with E-state index in [1.54, 1.807) is 0 Å². The number of aryl methyl sites for hydroxylation is 1. The summed E-state index contributed by atoms with van der Waals surface area (Å²) in [4.78, 5) is 1.40. The van der Waals surface area contributed by atoms with Crippen LogP contribution in [0.25, 0.3) is 0 Å². The maximum atomic E-state index is 5.92. The third kappa shape index (κ3) is 5.56. The topological polar surface area (TPSA) is 9.23 Å². The average molecular weight is 300 g/mol. The molecule has 0 N–H and O–H groups in total. The number of benzene rings is 2. The second kappa shape index (κ2) is 8.91. The monoisotopic (exact) mass is 300 g/mol. The zero-order chi connectivity index (χ0) is 14.9. The molecule has 0 fully saturated rings. The predicted octanol–water partition coefficient (Wildman–Crippen LogP) is 5.34. The van der Waals surface area contributed by atoms with E-state index in [-0.39, 0.29) is 0 Å². The van der Waals surface area contributed by atoms with Crippen LogP contribution in [0.5, 0.6) is 0 Å². The molecule has 1 nitrogen and oxygen atoms in total. The number of hydrogen-bond acceptors (Lipinski definition) is 2. The molecule has 0 amide bonds. The van der Waals surface area contributed by atoms with Crippen molar-refractivity contribution in [2.75, 3.05) is 6.26 Å². The highest BCUT2D eigenvalue weighted by molar-refractivity contribution is 7.98. The molecule has 1 atom stereocenters. The minimum atomic E-state index is 0.312. The fraction of sp³-hybridized carbons (Fsp3) is 0.368. The van der Waals surface area contributed by atoms with E-state index in [1.807, 2.05) is 17.8 Å². The molecular formula is C19H24OS. The van der Waals surface area contributed by atoms with Gasteiger partial charge in [-0.05, 0) is 49.6 Å². The molecule has 0 saturated heterocycles. The van der Waals surface area contributed by atoms with Gasteiger partial charge >= 0.3 is 0 Å². The van der Waals surface area contributed by atoms with Gasteiger partial charge in [-0.1, -0.05) is 48.5 Å². The van der Waals surface area contributed by atoms with Gasteiger partial charge in [-0.3, -0.25) is 0 Å². The highest BCUT2D eigenvalue weighted by Gasteiger charge is 2.05. The number of ether oxygens (including phenoxy) is 1. The summed E-state index contributed by atoms with van der Waals surface area (Å²) in [6.45, 7) is 2.88. The number of thioether (sulfide) groups is 1. The Bertz CT molecular complexity index is 524. The lowest BCUT2D eigenvalue weighted by Crippen LogP contribution is -2.08. The van der Waals surface area contributed by atoms with E-state index in [9.17, 15) is 0 Å². The Morgan fingerprint density at radius 1 is 1.00 bits per heavy atom. The molecule has 21 heavy (non-hydrogen) atoms. The van der Waals surface area contributed by atoms with E-state index < -0.39 is 0 Å². The summed E-state index contributed by atoms with van der Waals surface area (Å²) < 4.78 is 5.92. The van der Waals surface area contributed by atoms with Crippen LogP contribution in [0, 0.1) is 0 Å². The van der Waals surface area contributed by atoms with Gasteiger partial charge in [0.15, 0.2) is 0 Å². The summed E-state index contributed by atoms with van der Waals surface area (Å²) in [5.41, 5.74) is 2.71. The minimum Gasteiger partial charge on any atom is -0.374 e. The highest BCUT2D eigenvalue weighted by atomic mass is 32.2. The molecule has 0 saturated carbocycles. The van der Waals surface area contributed by atoms with Crippen molar-refractivity contribution in [3.05, 3.63) is 65.7 Å². The summed E-state index contributed by atoms with van der Waals surface area (Å²) in [7, 11) is 0. The zero-order valence-corrected chi connectivity index (χ0v) is 13.7. The second-order valence-electron chi connectivity index (χ2n) is 5.31. The van der Waals surface area contributed by atoms with Crippen LogP contribution >= 0.6 is 11.8 Å². The van der Waals surface area contributed by atoms with Gasteiger partial charge in [-0.15, -0.1) is 11.8 Å². The third-order valence-corrected chi connectivity index (χ3v) is 4.46. The van der Waals surface area contributed by atoms with Gasteiger partial charge in [-0.25, -0.2) is 0 Å². The SMILES string of the molecule is CSc1ccccc1CCC[C@H](C)OCc1ccccc1. The Hall–Kier alpha value is -1.25. The minimum absolute atomic E-state index is 0.312. The van der Waals surface area contributed by atoms with Crippen molar-refractivity contribution < 1.29 is 4.74 Å². The molecule has 0 spiro atoms. The smallest absolute Gasteiger partial charge is 0.0720 e. The Balaban J connectivity index is 1.70. The van der Waals surface area contributed by atoms with Crippen molar-refractivity contribution in [3.63, 3.8) is 0 Å². The Kier molecular flexibility index (Phi) is 6.84. The molecule has 0 heterocycles. The van der Waals surface area contributed by atoms with Crippen molar-refractivity contribution >= 4 is 11.8 Å². The van der Waals surface area contributed by atoms with Crippen LogP contribution in [-0.2, 0) is 17.8 Å². The maximum absolute atomic E-state index is 5.92. The molecular weight excluding hydrogens is 276 g/mol. The fourth-order valence-corrected chi connectivity index (χ4v) is 3.03. The largest absolute Gasteiger partial charge is 0.374 e. The van der Waals surface area contributed by atoms with Crippen LogP contribution in [0.1, 0.15) is 30.9 Å². The molecule has 0 radical (unpaired) electrons. The quantitative estimate of drug-likeness (QED) is 0.609. The lowest BCUT2D eigenvalue weighted by molar-refractivity contribution is 0.0464. The van der Waals surface area contributed by atoms with Gasteiger partial charge in [0.1, 0.15) is 0 Å². The molecule has 0 bridgehead atoms. The Labute approximate surface area is 132 Å². The van der Waals surface area contributed by atoms with Crippen LogP contribution in [0.2, 0.25) is 0 Å². The summed E-state index contributed by atoms with van der Waals surface area (Å²) in [5, 5.41) is 0. The third-order valence-electron chi connectivity index (χ3n) is 3.63. The van der Waals surface area contributed by atoms with Gasteiger partial charge in [-0.2, -0.15) is 0 Å². The molecule has 2 aromatic rings. The van der Waals surface area contributed by atoms with Crippen molar-refractivity contribution in [2.24, 2.45) is 0 Å². The lowest BCUT2D eigenvalue weighted by Gasteiger charge is -2.13. The van der Waals surface area contributed by atoms with Crippen molar-refractivity contribution in [1.29, 1.82) is 0 Å². The summed E-state index contributed by atoms with van der Waals surface area (Å²) in [6.07, 6.45) is 5.87. The normalized spacial score (nSPS) is 12.3. The maximum Gasteiger partial charge on any atom is 0.0720 e. The van der Waals surface area contributed by atoms with Gasteiger partial charge in [0.05, 0.1) is 12.7 Å². The first kappa shape index (κ1) is 16.1. The first-order valence-corrected chi connectivity index (χ1v) is 8.79.